The maximum atomic E-state index is 2.40. The maximum absolute atomic E-state index is 2.40. The number of hydrazine groups is 1. The van der Waals surface area contributed by atoms with Gasteiger partial charge in [0.05, 0.1) is 11.4 Å². The fourth-order valence-electron chi connectivity index (χ4n) is 2.66. The highest BCUT2D eigenvalue weighted by Crippen LogP contribution is 2.35. The summed E-state index contributed by atoms with van der Waals surface area (Å²) in [5.41, 5.74) is 2.89. The van der Waals surface area contributed by atoms with E-state index in [1.165, 1.54) is 11.4 Å². The predicted octanol–water partition coefficient (Wildman–Crippen LogP) is 2.90. The summed E-state index contributed by atoms with van der Waals surface area (Å²) in [6.07, 6.45) is 8.99. The molecule has 0 saturated heterocycles. The minimum Gasteiger partial charge on any atom is -0.351 e. The first-order valence-electron chi connectivity index (χ1n) is 7.36. The number of fused-ring (bicyclic) bond motifs is 3. The van der Waals surface area contributed by atoms with Gasteiger partial charge in [0.15, 0.2) is 0 Å². The van der Waals surface area contributed by atoms with Crippen molar-refractivity contribution >= 4 is 0 Å². The average Bonchev–Trinajstić information content (AvgIpc) is 2.90. The van der Waals surface area contributed by atoms with Crippen LogP contribution in [0.4, 0.5) is 0 Å². The Labute approximate surface area is 122 Å². The van der Waals surface area contributed by atoms with Crippen LogP contribution in [-0.2, 0) is 0 Å². The van der Waals surface area contributed by atoms with E-state index in [0.29, 0.717) is 0 Å². The summed E-state index contributed by atoms with van der Waals surface area (Å²) in [6.45, 7) is 15.4. The van der Waals surface area contributed by atoms with Crippen molar-refractivity contribution in [3.63, 3.8) is 0 Å². The Kier molecular flexibility index (Phi) is 2.66. The molecule has 0 spiro atoms. The topological polar surface area (TPSA) is 13.0 Å². The van der Waals surface area contributed by atoms with Gasteiger partial charge in [-0.1, -0.05) is 0 Å². The average molecular weight is 274 g/mol. The second kappa shape index (κ2) is 3.96. The molecule has 3 aliphatic rings. The van der Waals surface area contributed by atoms with Gasteiger partial charge >= 0.3 is 0 Å². The molecule has 0 bridgehead atoms. The third kappa shape index (κ3) is 2.07. The lowest BCUT2D eigenvalue weighted by Crippen LogP contribution is -2.48. The monoisotopic (exact) mass is 274 g/mol. The number of hydrogen-bond donors (Lipinski definition) is 0. The van der Waals surface area contributed by atoms with Crippen molar-refractivity contribution in [1.82, 2.24) is 19.8 Å². The first kappa shape index (κ1) is 13.4. The summed E-state index contributed by atoms with van der Waals surface area (Å²) in [6, 6.07) is 0. The van der Waals surface area contributed by atoms with Crippen LogP contribution in [0.5, 0.6) is 0 Å². The molecule has 0 aromatic heterocycles. The Bertz CT molecular complexity index is 456. The van der Waals surface area contributed by atoms with E-state index in [2.05, 4.69) is 85.9 Å². The molecule has 0 radical (unpaired) electrons. The normalized spacial score (nSPS) is 22.1. The first-order valence-corrected chi connectivity index (χ1v) is 7.36. The minimum atomic E-state index is 0.158. The van der Waals surface area contributed by atoms with Crippen LogP contribution in [0.3, 0.4) is 0 Å². The smallest absolute Gasteiger partial charge is 0.111 e. The highest BCUT2D eigenvalue weighted by Gasteiger charge is 2.37. The van der Waals surface area contributed by atoms with E-state index in [-0.39, 0.29) is 11.1 Å². The maximum Gasteiger partial charge on any atom is 0.111 e. The third-order valence-electron chi connectivity index (χ3n) is 4.18. The van der Waals surface area contributed by atoms with E-state index in [1.54, 1.807) is 0 Å². The summed E-state index contributed by atoms with van der Waals surface area (Å²) >= 11 is 0. The standard InChI is InChI=1S/C16H26N4/c1-15(2,3)17-9-13-7-8-14-10-18(16(4,5)6)12-20(14)19(13)11-17/h7-10H,11-12H2,1-6H3. The van der Waals surface area contributed by atoms with Gasteiger partial charge < -0.3 is 9.80 Å². The van der Waals surface area contributed by atoms with Crippen LogP contribution in [0, 0.1) is 0 Å². The Morgan fingerprint density at radius 3 is 1.35 bits per heavy atom. The van der Waals surface area contributed by atoms with E-state index >= 15 is 0 Å². The van der Waals surface area contributed by atoms with Crippen molar-refractivity contribution in [2.24, 2.45) is 0 Å². The van der Waals surface area contributed by atoms with Crippen molar-refractivity contribution in [2.45, 2.75) is 52.6 Å². The predicted molar refractivity (Wildman–Crippen MR) is 81.9 cm³/mol. The highest BCUT2D eigenvalue weighted by atomic mass is 15.7. The van der Waals surface area contributed by atoms with E-state index in [9.17, 15) is 0 Å². The summed E-state index contributed by atoms with van der Waals surface area (Å²) in [7, 11) is 0. The van der Waals surface area contributed by atoms with Crippen molar-refractivity contribution in [3.05, 3.63) is 35.9 Å². The van der Waals surface area contributed by atoms with Crippen LogP contribution in [-0.4, -0.2) is 44.2 Å². The van der Waals surface area contributed by atoms with E-state index < -0.39 is 0 Å². The molecule has 0 saturated carbocycles. The van der Waals surface area contributed by atoms with Crippen LogP contribution in [0.1, 0.15) is 41.5 Å². The lowest BCUT2D eigenvalue weighted by atomic mass is 10.1. The zero-order valence-corrected chi connectivity index (χ0v) is 13.5. The lowest BCUT2D eigenvalue weighted by molar-refractivity contribution is -0.0110. The zero-order chi connectivity index (χ0) is 14.7. The van der Waals surface area contributed by atoms with E-state index in [4.69, 9.17) is 0 Å². The third-order valence-corrected chi connectivity index (χ3v) is 4.18. The van der Waals surface area contributed by atoms with Gasteiger partial charge in [0.2, 0.25) is 0 Å². The Hall–Kier alpha value is -1.58. The van der Waals surface area contributed by atoms with E-state index in [1.807, 2.05) is 0 Å². The molecule has 3 rings (SSSR count). The van der Waals surface area contributed by atoms with Gasteiger partial charge in [0.25, 0.3) is 0 Å². The zero-order valence-electron chi connectivity index (χ0n) is 13.5. The van der Waals surface area contributed by atoms with Gasteiger partial charge in [-0.25, -0.2) is 0 Å². The van der Waals surface area contributed by atoms with Gasteiger partial charge in [-0.3, -0.25) is 10.0 Å². The van der Waals surface area contributed by atoms with Gasteiger partial charge in [0, 0.05) is 23.5 Å². The van der Waals surface area contributed by atoms with Crippen molar-refractivity contribution < 1.29 is 0 Å². The van der Waals surface area contributed by atoms with Crippen molar-refractivity contribution in [2.75, 3.05) is 13.3 Å². The van der Waals surface area contributed by atoms with Gasteiger partial charge in [-0.2, -0.15) is 0 Å². The van der Waals surface area contributed by atoms with Crippen LogP contribution in [0.15, 0.2) is 35.9 Å². The molecule has 0 aromatic carbocycles. The molecular formula is C16H26N4. The largest absolute Gasteiger partial charge is 0.351 e. The molecule has 20 heavy (non-hydrogen) atoms. The SMILES string of the molecule is CC(C)(C)N1C=C2C=CC3=CN(C(C)(C)C)CN3N2C1. The van der Waals surface area contributed by atoms with Gasteiger partial charge in [-0.05, 0) is 53.7 Å². The molecule has 0 unspecified atom stereocenters. The molecule has 0 aromatic rings. The number of hydrogen-bond acceptors (Lipinski definition) is 4. The second-order valence-electron chi connectivity index (χ2n) is 7.80. The van der Waals surface area contributed by atoms with E-state index in [0.717, 1.165) is 13.3 Å². The van der Waals surface area contributed by atoms with Crippen molar-refractivity contribution in [3.8, 4) is 0 Å². The van der Waals surface area contributed by atoms with Crippen LogP contribution in [0.2, 0.25) is 0 Å². The van der Waals surface area contributed by atoms with Crippen LogP contribution < -0.4 is 0 Å². The molecule has 0 atom stereocenters. The first-order chi connectivity index (χ1) is 9.16. The fraction of sp³-hybridized carbons (Fsp3) is 0.625. The molecule has 0 N–H and O–H groups in total. The molecule has 0 fully saturated rings. The molecule has 110 valence electrons. The molecule has 3 heterocycles. The Morgan fingerprint density at radius 2 is 1.05 bits per heavy atom. The molecule has 0 amide bonds. The summed E-state index contributed by atoms with van der Waals surface area (Å²) in [4.78, 5) is 4.80. The number of nitrogens with zero attached hydrogens (tertiary/aromatic N) is 4. The molecule has 4 heteroatoms. The highest BCUT2D eigenvalue weighted by molar-refractivity contribution is 5.34. The summed E-state index contributed by atoms with van der Waals surface area (Å²) in [5, 5.41) is 4.76. The van der Waals surface area contributed by atoms with Gasteiger partial charge in [0.1, 0.15) is 13.3 Å². The number of allylic oxidation sites excluding steroid dienone is 2. The van der Waals surface area contributed by atoms with Crippen LogP contribution in [0.25, 0.3) is 0 Å². The Balaban J connectivity index is 1.84. The second-order valence-corrected chi connectivity index (χ2v) is 7.80. The summed E-state index contributed by atoms with van der Waals surface area (Å²) < 4.78 is 0. The molecule has 3 aliphatic heterocycles. The Morgan fingerprint density at radius 1 is 0.700 bits per heavy atom. The number of rotatable bonds is 0. The quantitative estimate of drug-likeness (QED) is 0.673. The molecule has 4 nitrogen and oxygen atoms in total. The minimum absolute atomic E-state index is 0.158. The fourth-order valence-corrected chi connectivity index (χ4v) is 2.66. The lowest BCUT2D eigenvalue weighted by Gasteiger charge is -2.40. The van der Waals surface area contributed by atoms with Gasteiger partial charge in [-0.15, -0.1) is 0 Å². The summed E-state index contributed by atoms with van der Waals surface area (Å²) in [5.74, 6) is 0. The molecule has 0 aliphatic carbocycles. The van der Waals surface area contributed by atoms with Crippen molar-refractivity contribution in [1.29, 1.82) is 0 Å². The molecular weight excluding hydrogens is 248 g/mol. The van der Waals surface area contributed by atoms with Crippen LogP contribution >= 0.6 is 0 Å².